The van der Waals surface area contributed by atoms with E-state index in [4.69, 9.17) is 4.98 Å². The molecular weight excluding hydrogens is 278 g/mol. The van der Waals surface area contributed by atoms with E-state index in [1.165, 1.54) is 5.56 Å². The molecule has 0 spiro atoms. The normalized spacial score (nSPS) is 10.9. The Kier molecular flexibility index (Phi) is 4.46. The number of hydrogen-bond acceptors (Lipinski definition) is 4. The highest BCUT2D eigenvalue weighted by Gasteiger charge is 2.08. The minimum atomic E-state index is 0.790. The van der Waals surface area contributed by atoms with Gasteiger partial charge in [0.15, 0.2) is 0 Å². The largest absolute Gasteiger partial charge is 0.365 e. The quantitative estimate of drug-likeness (QED) is 0.720. The van der Waals surface area contributed by atoms with Gasteiger partial charge in [-0.3, -0.25) is 0 Å². The second-order valence-electron chi connectivity index (χ2n) is 5.07. The van der Waals surface area contributed by atoms with Crippen LogP contribution in [0.4, 0.5) is 5.82 Å². The van der Waals surface area contributed by atoms with Crippen LogP contribution in [0.1, 0.15) is 31.2 Å². The van der Waals surface area contributed by atoms with Gasteiger partial charge in [0.05, 0.1) is 10.2 Å². The first-order chi connectivity index (χ1) is 10.4. The molecule has 0 aliphatic heterocycles. The number of thiophene rings is 1. The van der Waals surface area contributed by atoms with Crippen molar-refractivity contribution < 1.29 is 0 Å². The van der Waals surface area contributed by atoms with Gasteiger partial charge in [-0.25, -0.2) is 9.97 Å². The molecule has 3 nitrogen and oxygen atoms in total. The molecule has 2 heterocycles. The molecular formula is C17H19N3S. The van der Waals surface area contributed by atoms with Crippen molar-refractivity contribution in [2.45, 2.75) is 32.7 Å². The molecule has 108 valence electrons. The van der Waals surface area contributed by atoms with Crippen LogP contribution >= 0.6 is 11.3 Å². The van der Waals surface area contributed by atoms with Crippen molar-refractivity contribution in [2.24, 2.45) is 0 Å². The number of aromatic nitrogens is 2. The van der Waals surface area contributed by atoms with Crippen molar-refractivity contribution >= 4 is 27.4 Å². The van der Waals surface area contributed by atoms with Crippen LogP contribution in [-0.2, 0) is 13.0 Å². The van der Waals surface area contributed by atoms with Gasteiger partial charge in [-0.1, -0.05) is 43.7 Å². The third-order valence-electron chi connectivity index (χ3n) is 3.41. The molecule has 0 bridgehead atoms. The third-order valence-corrected chi connectivity index (χ3v) is 4.32. The van der Waals surface area contributed by atoms with Gasteiger partial charge >= 0.3 is 0 Å². The fourth-order valence-corrected chi connectivity index (χ4v) is 3.06. The smallest absolute Gasteiger partial charge is 0.148 e. The Bertz CT molecular complexity index is 706. The van der Waals surface area contributed by atoms with Crippen LogP contribution < -0.4 is 5.32 Å². The summed E-state index contributed by atoms with van der Waals surface area (Å²) in [7, 11) is 0. The standard InChI is InChI=1S/C17H19N3S/c1-2-3-9-15-19-14-10-11-21-16(14)17(20-15)18-12-13-7-5-4-6-8-13/h4-8,10-11H,2-3,9,12H2,1H3,(H,18,19,20). The van der Waals surface area contributed by atoms with E-state index in [9.17, 15) is 0 Å². The maximum absolute atomic E-state index is 4.71. The molecule has 0 amide bonds. The fourth-order valence-electron chi connectivity index (χ4n) is 2.26. The van der Waals surface area contributed by atoms with Crippen molar-refractivity contribution in [2.75, 3.05) is 5.32 Å². The van der Waals surface area contributed by atoms with Crippen LogP contribution in [0.5, 0.6) is 0 Å². The molecule has 21 heavy (non-hydrogen) atoms. The number of unbranched alkanes of at least 4 members (excludes halogenated alkanes) is 1. The lowest BCUT2D eigenvalue weighted by Crippen LogP contribution is -2.04. The van der Waals surface area contributed by atoms with Gasteiger partial charge < -0.3 is 5.32 Å². The first-order valence-corrected chi connectivity index (χ1v) is 8.26. The number of nitrogens with zero attached hydrogens (tertiary/aromatic N) is 2. The summed E-state index contributed by atoms with van der Waals surface area (Å²) in [5.74, 6) is 1.91. The van der Waals surface area contributed by atoms with E-state index in [1.807, 2.05) is 6.07 Å². The average Bonchev–Trinajstić information content (AvgIpc) is 3.00. The van der Waals surface area contributed by atoms with Crippen molar-refractivity contribution in [3.63, 3.8) is 0 Å². The van der Waals surface area contributed by atoms with Gasteiger partial charge in [0.25, 0.3) is 0 Å². The molecule has 0 aliphatic rings. The monoisotopic (exact) mass is 297 g/mol. The molecule has 0 aliphatic carbocycles. The summed E-state index contributed by atoms with van der Waals surface area (Å²) in [6, 6.07) is 12.5. The minimum Gasteiger partial charge on any atom is -0.365 e. The first kappa shape index (κ1) is 14.0. The SMILES string of the molecule is CCCCc1nc(NCc2ccccc2)c2sccc2n1. The second-order valence-corrected chi connectivity index (χ2v) is 5.98. The number of anilines is 1. The van der Waals surface area contributed by atoms with Crippen LogP contribution in [0.3, 0.4) is 0 Å². The predicted molar refractivity (Wildman–Crippen MR) is 89.8 cm³/mol. The molecule has 0 saturated heterocycles. The number of fused-ring (bicyclic) bond motifs is 1. The molecule has 0 radical (unpaired) electrons. The van der Waals surface area contributed by atoms with Crippen LogP contribution in [-0.4, -0.2) is 9.97 Å². The molecule has 0 unspecified atom stereocenters. The summed E-state index contributed by atoms with van der Waals surface area (Å²) in [6.45, 7) is 2.98. The van der Waals surface area contributed by atoms with Gasteiger partial charge in [-0.2, -0.15) is 0 Å². The van der Waals surface area contributed by atoms with Gasteiger partial charge in [0, 0.05) is 13.0 Å². The van der Waals surface area contributed by atoms with Crippen molar-refractivity contribution in [3.05, 3.63) is 53.2 Å². The second kappa shape index (κ2) is 6.68. The lowest BCUT2D eigenvalue weighted by Gasteiger charge is -2.08. The lowest BCUT2D eigenvalue weighted by molar-refractivity contribution is 0.757. The zero-order chi connectivity index (χ0) is 14.5. The summed E-state index contributed by atoms with van der Waals surface area (Å²) < 4.78 is 1.14. The minimum absolute atomic E-state index is 0.790. The van der Waals surface area contributed by atoms with E-state index in [1.54, 1.807) is 11.3 Å². The molecule has 2 aromatic heterocycles. The van der Waals surface area contributed by atoms with E-state index in [2.05, 4.69) is 52.9 Å². The molecule has 1 aromatic carbocycles. The van der Waals surface area contributed by atoms with E-state index >= 15 is 0 Å². The Morgan fingerprint density at radius 2 is 1.95 bits per heavy atom. The number of hydrogen-bond donors (Lipinski definition) is 1. The van der Waals surface area contributed by atoms with Gasteiger partial charge in [0.2, 0.25) is 0 Å². The molecule has 0 atom stereocenters. The Hall–Kier alpha value is -1.94. The Morgan fingerprint density at radius 1 is 1.10 bits per heavy atom. The van der Waals surface area contributed by atoms with Crippen LogP contribution in [0.15, 0.2) is 41.8 Å². The Balaban J connectivity index is 1.83. The van der Waals surface area contributed by atoms with E-state index in [0.717, 1.165) is 47.7 Å². The van der Waals surface area contributed by atoms with Gasteiger partial charge in [-0.05, 0) is 23.4 Å². The zero-order valence-corrected chi connectivity index (χ0v) is 13.0. The topological polar surface area (TPSA) is 37.8 Å². The molecule has 0 saturated carbocycles. The Labute approximate surface area is 129 Å². The molecule has 1 N–H and O–H groups in total. The first-order valence-electron chi connectivity index (χ1n) is 7.38. The molecule has 3 rings (SSSR count). The fraction of sp³-hybridized carbons (Fsp3) is 0.294. The third kappa shape index (κ3) is 3.39. The zero-order valence-electron chi connectivity index (χ0n) is 12.2. The van der Waals surface area contributed by atoms with E-state index in [0.29, 0.717) is 0 Å². The maximum atomic E-state index is 4.71. The Morgan fingerprint density at radius 3 is 2.76 bits per heavy atom. The lowest BCUT2D eigenvalue weighted by atomic mass is 10.2. The molecule has 3 aromatic rings. The van der Waals surface area contributed by atoms with Crippen molar-refractivity contribution in [1.29, 1.82) is 0 Å². The number of rotatable bonds is 6. The summed E-state index contributed by atoms with van der Waals surface area (Å²) >= 11 is 1.69. The van der Waals surface area contributed by atoms with Gasteiger partial charge in [-0.15, -0.1) is 11.3 Å². The highest BCUT2D eigenvalue weighted by atomic mass is 32.1. The summed E-state index contributed by atoms with van der Waals surface area (Å²) in [5, 5.41) is 5.55. The highest BCUT2D eigenvalue weighted by Crippen LogP contribution is 2.26. The van der Waals surface area contributed by atoms with E-state index < -0.39 is 0 Å². The van der Waals surface area contributed by atoms with Crippen LogP contribution in [0.25, 0.3) is 10.2 Å². The number of nitrogens with one attached hydrogen (secondary N) is 1. The summed E-state index contributed by atoms with van der Waals surface area (Å²) in [5.41, 5.74) is 2.31. The van der Waals surface area contributed by atoms with Gasteiger partial charge in [0.1, 0.15) is 11.6 Å². The number of benzene rings is 1. The number of aryl methyl sites for hydroxylation is 1. The van der Waals surface area contributed by atoms with Crippen LogP contribution in [0.2, 0.25) is 0 Å². The predicted octanol–water partition coefficient (Wildman–Crippen LogP) is 4.65. The van der Waals surface area contributed by atoms with Crippen LogP contribution in [0, 0.1) is 0 Å². The summed E-state index contributed by atoms with van der Waals surface area (Å²) in [6.07, 6.45) is 3.24. The molecule has 4 heteroatoms. The maximum Gasteiger partial charge on any atom is 0.148 e. The summed E-state index contributed by atoms with van der Waals surface area (Å²) in [4.78, 5) is 9.36. The van der Waals surface area contributed by atoms with E-state index in [-0.39, 0.29) is 0 Å². The average molecular weight is 297 g/mol. The van der Waals surface area contributed by atoms with Crippen molar-refractivity contribution in [3.8, 4) is 0 Å². The van der Waals surface area contributed by atoms with Crippen molar-refractivity contribution in [1.82, 2.24) is 9.97 Å². The molecule has 0 fully saturated rings. The highest BCUT2D eigenvalue weighted by molar-refractivity contribution is 7.17.